The Morgan fingerprint density at radius 3 is 1.11 bits per heavy atom. The van der Waals surface area contributed by atoms with Gasteiger partial charge in [0.2, 0.25) is 23.6 Å². The summed E-state index contributed by atoms with van der Waals surface area (Å²) in [6.07, 6.45) is 2.10. The first-order valence-electron chi connectivity index (χ1n) is 25.4. The second-order valence-electron chi connectivity index (χ2n) is 20.2. The predicted molar refractivity (Wildman–Crippen MR) is 301 cm³/mol. The number of rotatable bonds is 14. The van der Waals surface area contributed by atoms with Crippen LogP contribution >= 0.6 is 7.92 Å². The van der Waals surface area contributed by atoms with Gasteiger partial charge in [-0.05, 0) is 105 Å². The van der Waals surface area contributed by atoms with Crippen molar-refractivity contribution in [2.75, 3.05) is 13.2 Å². The van der Waals surface area contributed by atoms with Crippen molar-refractivity contribution in [1.82, 2.24) is 10.2 Å². The van der Waals surface area contributed by atoms with Gasteiger partial charge < -0.3 is 14.6 Å². The number of benzene rings is 7. The van der Waals surface area contributed by atoms with Crippen LogP contribution in [0.2, 0.25) is 0 Å². The van der Waals surface area contributed by atoms with E-state index < -0.39 is 14.0 Å². The van der Waals surface area contributed by atoms with Crippen molar-refractivity contribution in [2.24, 2.45) is 0 Å². The standard InChI is InChI=1S/C23H27NO3.C19H24O2.C18H15P.C4H5NO2/c1-23(2,3)27-16-20(24-21(25)13-14-22(24)26)15-17-9-11-19(12-10-17)18-7-5-4-6-8-18;1-19(2,3)21-14-18(20)13-15-9-11-17(12-10-15)16-7-5-4-6-8-16;1-4-10-16(11-5-1)19(17-12-6-2-7-13-17)18-14-8-3-9-15-18;6-3-1-2-4(7)5-3/h4-12,20H,13-16H2,1-3H3;4-12,18,20H,13-14H2,1-3H3;1-15H;1-2H2,(H,5,6,7)/t20-;18-;;/m10../s1. The van der Waals surface area contributed by atoms with Crippen LogP contribution in [0.3, 0.4) is 0 Å². The Hall–Kier alpha value is -6.87. The lowest BCUT2D eigenvalue weighted by molar-refractivity contribution is -0.144. The van der Waals surface area contributed by atoms with Gasteiger partial charge in [0.15, 0.2) is 0 Å². The molecular weight excluding hydrogens is 940 g/mol. The van der Waals surface area contributed by atoms with Gasteiger partial charge in [0.1, 0.15) is 0 Å². The number of aliphatic hydroxyl groups excluding tert-OH is 1. The average Bonchev–Trinajstić information content (AvgIpc) is 3.96. The molecule has 384 valence electrons. The van der Waals surface area contributed by atoms with Crippen LogP contribution < -0.4 is 21.2 Å². The molecule has 9 rings (SSSR count). The Morgan fingerprint density at radius 1 is 0.446 bits per heavy atom. The summed E-state index contributed by atoms with van der Waals surface area (Å²) in [5.74, 6) is -0.484. The summed E-state index contributed by atoms with van der Waals surface area (Å²) in [6, 6.07) is 69.2. The second-order valence-corrected chi connectivity index (χ2v) is 22.4. The van der Waals surface area contributed by atoms with Crippen molar-refractivity contribution in [3.63, 3.8) is 0 Å². The molecule has 74 heavy (non-hydrogen) atoms. The van der Waals surface area contributed by atoms with E-state index in [0.717, 1.165) is 16.7 Å². The van der Waals surface area contributed by atoms with Crippen LogP contribution in [0, 0.1) is 0 Å². The Labute approximate surface area is 439 Å². The molecule has 0 bridgehead atoms. The van der Waals surface area contributed by atoms with Gasteiger partial charge in [0.25, 0.3) is 0 Å². The molecule has 0 saturated carbocycles. The van der Waals surface area contributed by atoms with Crippen LogP contribution in [0.25, 0.3) is 22.3 Å². The largest absolute Gasteiger partial charge is 0.390 e. The van der Waals surface area contributed by atoms with Gasteiger partial charge >= 0.3 is 0 Å². The summed E-state index contributed by atoms with van der Waals surface area (Å²) in [6.45, 7) is 12.6. The third-order valence-electron chi connectivity index (χ3n) is 11.8. The van der Waals surface area contributed by atoms with Gasteiger partial charge in [0.05, 0.1) is 36.6 Å². The first kappa shape index (κ1) is 56.4. The van der Waals surface area contributed by atoms with Crippen LogP contribution in [-0.4, -0.2) is 70.2 Å². The number of nitrogens with zero attached hydrogens (tertiary/aromatic N) is 1. The third kappa shape index (κ3) is 18.9. The molecule has 0 spiro atoms. The summed E-state index contributed by atoms with van der Waals surface area (Å²) in [5, 5.41) is 16.4. The van der Waals surface area contributed by atoms with E-state index >= 15 is 0 Å². The van der Waals surface area contributed by atoms with Crippen LogP contribution in [0.4, 0.5) is 0 Å². The van der Waals surface area contributed by atoms with Gasteiger partial charge in [-0.25, -0.2) is 0 Å². The van der Waals surface area contributed by atoms with E-state index in [1.807, 2.05) is 77.9 Å². The molecule has 0 unspecified atom stereocenters. The van der Waals surface area contributed by atoms with E-state index in [-0.39, 0.29) is 40.9 Å². The molecule has 2 fully saturated rings. The fourth-order valence-corrected chi connectivity index (χ4v) is 10.4. The number of amides is 4. The molecule has 2 aliphatic rings. The molecule has 7 aromatic rings. The highest BCUT2D eigenvalue weighted by atomic mass is 31.1. The fourth-order valence-electron chi connectivity index (χ4n) is 8.14. The van der Waals surface area contributed by atoms with Crippen molar-refractivity contribution < 1.29 is 33.8 Å². The number of carbonyl (C=O) groups is 4. The number of likely N-dealkylation sites (tertiary alicyclic amines) is 1. The summed E-state index contributed by atoms with van der Waals surface area (Å²) >= 11 is 0. The Balaban J connectivity index is 0.000000171. The Morgan fingerprint density at radius 2 is 0.770 bits per heavy atom. The van der Waals surface area contributed by atoms with E-state index in [2.05, 4.69) is 169 Å². The lowest BCUT2D eigenvalue weighted by atomic mass is 10.00. The number of imide groups is 2. The Kier molecular flexibility index (Phi) is 21.3. The summed E-state index contributed by atoms with van der Waals surface area (Å²) in [5.41, 5.74) is 6.40. The van der Waals surface area contributed by atoms with Gasteiger partial charge in [-0.2, -0.15) is 0 Å². The lowest BCUT2D eigenvalue weighted by Gasteiger charge is -2.30. The molecular formula is C64H71N2O7P. The smallest absolute Gasteiger partial charge is 0.230 e. The molecule has 0 radical (unpaired) electrons. The minimum absolute atomic E-state index is 0.0941. The van der Waals surface area contributed by atoms with Crippen LogP contribution in [-0.2, 0) is 41.5 Å². The number of hydrogen-bond donors (Lipinski definition) is 2. The molecule has 7 aromatic carbocycles. The van der Waals surface area contributed by atoms with Gasteiger partial charge in [-0.3, -0.25) is 29.4 Å². The van der Waals surface area contributed by atoms with Gasteiger partial charge in [-0.1, -0.05) is 200 Å². The second kappa shape index (κ2) is 28.0. The van der Waals surface area contributed by atoms with Crippen molar-refractivity contribution in [1.29, 1.82) is 0 Å². The summed E-state index contributed by atoms with van der Waals surface area (Å²) in [7, 11) is -0.446. The van der Waals surface area contributed by atoms with E-state index in [1.54, 1.807) is 0 Å². The SMILES string of the molecule is CC(C)(C)OC[C@@H](Cc1ccc(-c2ccccc2)cc1)N1C(=O)CCC1=O.CC(C)(C)OC[C@@H](O)Cc1ccc(-c2ccccc2)cc1.O=C1CCC(=O)N1.c1ccc(P(c2ccccc2)c2ccccc2)cc1. The van der Waals surface area contributed by atoms with E-state index in [9.17, 15) is 24.3 Å². The quantitative estimate of drug-likeness (QED) is 0.0822. The lowest BCUT2D eigenvalue weighted by Crippen LogP contribution is -2.45. The zero-order valence-corrected chi connectivity index (χ0v) is 44.5. The molecule has 2 saturated heterocycles. The molecule has 0 aromatic heterocycles. The monoisotopic (exact) mass is 1010 g/mol. The topological polar surface area (TPSA) is 122 Å². The molecule has 0 aliphatic carbocycles. The van der Waals surface area contributed by atoms with Crippen molar-refractivity contribution >= 4 is 47.5 Å². The van der Waals surface area contributed by atoms with Crippen molar-refractivity contribution in [3.05, 3.63) is 211 Å². The number of nitrogens with one attached hydrogen (secondary N) is 1. The maximum Gasteiger partial charge on any atom is 0.230 e. The third-order valence-corrected chi connectivity index (χ3v) is 14.3. The summed E-state index contributed by atoms with van der Waals surface area (Å²) in [4.78, 5) is 46.1. The zero-order chi connectivity index (χ0) is 52.9. The highest BCUT2D eigenvalue weighted by Crippen LogP contribution is 2.32. The number of carbonyl (C=O) groups excluding carboxylic acids is 4. The van der Waals surface area contributed by atoms with Crippen LogP contribution in [0.15, 0.2) is 200 Å². The number of aliphatic hydroxyl groups is 1. The van der Waals surface area contributed by atoms with Gasteiger partial charge in [0, 0.05) is 32.1 Å². The Bertz CT molecular complexity index is 2670. The van der Waals surface area contributed by atoms with Crippen molar-refractivity contribution in [3.8, 4) is 22.3 Å². The summed E-state index contributed by atoms with van der Waals surface area (Å²) < 4.78 is 11.5. The number of ether oxygens (including phenoxy) is 2. The maximum atomic E-state index is 12.2. The number of hydrogen-bond acceptors (Lipinski definition) is 7. The molecule has 2 aliphatic heterocycles. The highest BCUT2D eigenvalue weighted by molar-refractivity contribution is 7.79. The minimum Gasteiger partial charge on any atom is -0.390 e. The molecule has 2 N–H and O–H groups in total. The molecule has 4 amide bonds. The molecule has 9 nitrogen and oxygen atoms in total. The molecule has 10 heteroatoms. The normalized spacial score (nSPS) is 14.2. The highest BCUT2D eigenvalue weighted by Gasteiger charge is 2.36. The van der Waals surface area contributed by atoms with Crippen LogP contribution in [0.5, 0.6) is 0 Å². The predicted octanol–water partition coefficient (Wildman–Crippen LogP) is 11.2. The minimum atomic E-state index is -0.466. The van der Waals surface area contributed by atoms with E-state index in [1.165, 1.54) is 37.5 Å². The van der Waals surface area contributed by atoms with Gasteiger partial charge in [-0.15, -0.1) is 0 Å². The van der Waals surface area contributed by atoms with E-state index in [4.69, 9.17) is 9.47 Å². The van der Waals surface area contributed by atoms with E-state index in [0.29, 0.717) is 51.7 Å². The van der Waals surface area contributed by atoms with Crippen molar-refractivity contribution in [2.45, 2.75) is 103 Å². The first-order valence-corrected chi connectivity index (χ1v) is 26.7. The fraction of sp³-hybridized carbons (Fsp3) is 0.281. The molecule has 2 heterocycles. The first-order chi connectivity index (χ1) is 35.5. The molecule has 2 atom stereocenters. The zero-order valence-electron chi connectivity index (χ0n) is 43.7. The average molecular weight is 1010 g/mol. The maximum absolute atomic E-state index is 12.2. The van der Waals surface area contributed by atoms with Crippen LogP contribution in [0.1, 0.15) is 78.4 Å².